The molecule has 24 heavy (non-hydrogen) atoms. The Kier molecular flexibility index (Phi) is 6.14. The molecular weight excluding hydrogens is 304 g/mol. The molecule has 5 nitrogen and oxygen atoms in total. The van der Waals surface area contributed by atoms with Crippen molar-refractivity contribution < 1.29 is 14.2 Å². The van der Waals surface area contributed by atoms with Crippen LogP contribution in [0.2, 0.25) is 0 Å². The Balaban J connectivity index is 2.52. The second-order valence-electron chi connectivity index (χ2n) is 4.86. The molecule has 0 saturated heterocycles. The molecule has 0 saturated carbocycles. The number of hydrogen-bond donors (Lipinski definition) is 1. The summed E-state index contributed by atoms with van der Waals surface area (Å²) in [4.78, 5) is 0. The summed E-state index contributed by atoms with van der Waals surface area (Å²) in [6, 6.07) is 11.1. The van der Waals surface area contributed by atoms with Crippen molar-refractivity contribution in [2.24, 2.45) is 5.11 Å². The maximum absolute atomic E-state index is 7.35. The maximum Gasteiger partial charge on any atom is 0.148 e. The Hall–Kier alpha value is -3.08. The highest BCUT2D eigenvalue weighted by atomic mass is 16.5. The third-order valence-corrected chi connectivity index (χ3v) is 3.30. The number of methoxy groups -OCH3 is 1. The molecule has 0 aromatic heterocycles. The van der Waals surface area contributed by atoms with Gasteiger partial charge in [0.1, 0.15) is 36.1 Å². The van der Waals surface area contributed by atoms with Crippen LogP contribution in [0.3, 0.4) is 0 Å². The number of benzene rings is 2. The Morgan fingerprint density at radius 3 is 2.17 bits per heavy atom. The highest BCUT2D eigenvalue weighted by molar-refractivity contribution is 5.76. The summed E-state index contributed by atoms with van der Waals surface area (Å²) < 4.78 is 16.5. The molecule has 0 amide bonds. The molecule has 0 aliphatic heterocycles. The van der Waals surface area contributed by atoms with Crippen LogP contribution in [-0.4, -0.2) is 20.3 Å². The molecule has 0 bridgehead atoms. The third kappa shape index (κ3) is 4.01. The van der Waals surface area contributed by atoms with E-state index in [0.29, 0.717) is 30.4 Å². The van der Waals surface area contributed by atoms with Gasteiger partial charge in [-0.25, -0.2) is 5.53 Å². The summed E-state index contributed by atoms with van der Waals surface area (Å²) in [6.45, 7) is 7.99. The largest absolute Gasteiger partial charge is 0.497 e. The van der Waals surface area contributed by atoms with Gasteiger partial charge in [-0.1, -0.05) is 37.4 Å². The van der Waals surface area contributed by atoms with Gasteiger partial charge in [-0.15, -0.1) is 0 Å². The fraction of sp³-hybridized carbons (Fsp3) is 0.158. The first-order valence-corrected chi connectivity index (χ1v) is 7.40. The second kappa shape index (κ2) is 8.53. The highest BCUT2D eigenvalue weighted by Gasteiger charge is 2.14. The first-order valence-electron chi connectivity index (χ1n) is 7.40. The number of rotatable bonds is 9. The number of hydrogen-bond acceptors (Lipinski definition) is 5. The summed E-state index contributed by atoms with van der Waals surface area (Å²) in [7, 11) is 1.62. The van der Waals surface area contributed by atoms with Gasteiger partial charge in [-0.3, -0.25) is 0 Å². The van der Waals surface area contributed by atoms with Gasteiger partial charge >= 0.3 is 0 Å². The summed E-state index contributed by atoms with van der Waals surface area (Å²) in [6.07, 6.45) is 3.31. The van der Waals surface area contributed by atoms with Gasteiger partial charge in [0.2, 0.25) is 0 Å². The average Bonchev–Trinajstić information content (AvgIpc) is 2.64. The van der Waals surface area contributed by atoms with Crippen LogP contribution >= 0.6 is 0 Å². The Morgan fingerprint density at radius 2 is 1.62 bits per heavy atom. The van der Waals surface area contributed by atoms with Crippen molar-refractivity contribution in [3.63, 3.8) is 0 Å². The van der Waals surface area contributed by atoms with E-state index in [2.05, 4.69) is 18.3 Å². The quantitative estimate of drug-likeness (QED) is 0.512. The summed E-state index contributed by atoms with van der Waals surface area (Å²) >= 11 is 0. The Bertz CT molecular complexity index is 724. The molecule has 2 aromatic rings. The van der Waals surface area contributed by atoms with Crippen LogP contribution < -0.4 is 14.2 Å². The van der Waals surface area contributed by atoms with E-state index >= 15 is 0 Å². The smallest absolute Gasteiger partial charge is 0.148 e. The van der Waals surface area contributed by atoms with Crippen molar-refractivity contribution in [2.75, 3.05) is 20.3 Å². The standard InChI is InChI=1S/C19H20N2O3/c1-4-10-23-18-13-17(21-20)19(24-11-5-2)12-16(18)14-6-8-15(22-3)9-7-14/h4-9,12-13,20H,1-2,10-11H2,3H3. The van der Waals surface area contributed by atoms with Gasteiger partial charge in [0.05, 0.1) is 7.11 Å². The normalized spacial score (nSPS) is 9.88. The lowest BCUT2D eigenvalue weighted by molar-refractivity contribution is 0.355. The molecule has 0 unspecified atom stereocenters. The van der Waals surface area contributed by atoms with Crippen molar-refractivity contribution in [3.05, 3.63) is 61.7 Å². The molecule has 1 N–H and O–H groups in total. The lowest BCUT2D eigenvalue weighted by atomic mass is 10.0. The minimum Gasteiger partial charge on any atom is -0.497 e. The predicted octanol–water partition coefficient (Wildman–Crippen LogP) is 5.15. The minimum absolute atomic E-state index is 0.331. The second-order valence-corrected chi connectivity index (χ2v) is 4.86. The van der Waals surface area contributed by atoms with E-state index in [9.17, 15) is 0 Å². The molecular formula is C19H20N2O3. The molecule has 0 fully saturated rings. The summed E-state index contributed by atoms with van der Waals surface area (Å²) in [5.41, 5.74) is 9.52. The van der Waals surface area contributed by atoms with E-state index in [1.54, 1.807) is 25.3 Å². The van der Waals surface area contributed by atoms with Gasteiger partial charge < -0.3 is 14.2 Å². The van der Waals surface area contributed by atoms with Gasteiger partial charge in [0.15, 0.2) is 0 Å². The predicted molar refractivity (Wildman–Crippen MR) is 94.6 cm³/mol. The van der Waals surface area contributed by atoms with Gasteiger partial charge in [0.25, 0.3) is 0 Å². The molecule has 124 valence electrons. The van der Waals surface area contributed by atoms with Gasteiger partial charge in [-0.2, -0.15) is 5.11 Å². The van der Waals surface area contributed by atoms with Crippen molar-refractivity contribution >= 4 is 5.69 Å². The lowest BCUT2D eigenvalue weighted by Crippen LogP contribution is -1.98. The minimum atomic E-state index is 0.331. The van der Waals surface area contributed by atoms with Gasteiger partial charge in [0, 0.05) is 11.6 Å². The van der Waals surface area contributed by atoms with E-state index in [1.807, 2.05) is 30.3 Å². The topological polar surface area (TPSA) is 63.9 Å². The monoisotopic (exact) mass is 324 g/mol. The van der Waals surface area contributed by atoms with Crippen molar-refractivity contribution in [1.82, 2.24) is 0 Å². The molecule has 0 atom stereocenters. The molecule has 0 spiro atoms. The molecule has 0 heterocycles. The van der Waals surface area contributed by atoms with E-state index < -0.39 is 0 Å². The lowest BCUT2D eigenvalue weighted by Gasteiger charge is -2.15. The number of nitrogens with zero attached hydrogens (tertiary/aromatic N) is 1. The van der Waals surface area contributed by atoms with Crippen LogP contribution in [0, 0.1) is 5.53 Å². The van der Waals surface area contributed by atoms with Crippen LogP contribution in [-0.2, 0) is 0 Å². The molecule has 2 rings (SSSR count). The maximum atomic E-state index is 7.35. The van der Waals surface area contributed by atoms with Crippen LogP contribution in [0.15, 0.2) is 66.8 Å². The third-order valence-electron chi connectivity index (χ3n) is 3.30. The van der Waals surface area contributed by atoms with Crippen LogP contribution in [0.5, 0.6) is 17.2 Å². The van der Waals surface area contributed by atoms with Crippen molar-refractivity contribution in [2.45, 2.75) is 0 Å². The fourth-order valence-corrected chi connectivity index (χ4v) is 2.17. The van der Waals surface area contributed by atoms with E-state index in [4.69, 9.17) is 19.7 Å². The molecule has 0 aliphatic carbocycles. The van der Waals surface area contributed by atoms with Crippen LogP contribution in [0.1, 0.15) is 0 Å². The van der Waals surface area contributed by atoms with E-state index in [1.165, 1.54) is 0 Å². The van der Waals surface area contributed by atoms with Crippen LogP contribution in [0.4, 0.5) is 5.69 Å². The van der Waals surface area contributed by atoms with Crippen LogP contribution in [0.25, 0.3) is 11.1 Å². The number of nitrogens with one attached hydrogen (secondary N) is 1. The molecule has 5 heteroatoms. The van der Waals surface area contributed by atoms with E-state index in [-0.39, 0.29) is 0 Å². The fourth-order valence-electron chi connectivity index (χ4n) is 2.17. The average molecular weight is 324 g/mol. The molecule has 0 radical (unpaired) electrons. The zero-order chi connectivity index (χ0) is 17.4. The number of ether oxygens (including phenoxy) is 3. The summed E-state index contributed by atoms with van der Waals surface area (Å²) in [5, 5.41) is 3.52. The first-order chi connectivity index (χ1) is 11.7. The van der Waals surface area contributed by atoms with E-state index in [0.717, 1.165) is 16.9 Å². The Labute approximate surface area is 141 Å². The van der Waals surface area contributed by atoms with Crippen molar-refractivity contribution in [3.8, 4) is 28.4 Å². The SMILES string of the molecule is C=CCOc1cc(-c2ccc(OC)cc2)c(OCC=C)cc1N=N. The van der Waals surface area contributed by atoms with Gasteiger partial charge in [-0.05, 0) is 23.8 Å². The first kappa shape index (κ1) is 17.3. The highest BCUT2D eigenvalue weighted by Crippen LogP contribution is 2.40. The molecule has 2 aromatic carbocycles. The zero-order valence-electron chi connectivity index (χ0n) is 13.6. The summed E-state index contributed by atoms with van der Waals surface area (Å²) in [5.74, 6) is 1.88. The van der Waals surface area contributed by atoms with Crippen molar-refractivity contribution in [1.29, 1.82) is 5.53 Å². The Morgan fingerprint density at radius 1 is 1.00 bits per heavy atom. The molecule has 0 aliphatic rings. The zero-order valence-corrected chi connectivity index (χ0v) is 13.6.